The van der Waals surface area contributed by atoms with E-state index in [9.17, 15) is 4.79 Å². The van der Waals surface area contributed by atoms with Crippen molar-refractivity contribution in [3.63, 3.8) is 0 Å². The van der Waals surface area contributed by atoms with E-state index < -0.39 is 0 Å². The number of pyridine rings is 1. The minimum absolute atomic E-state index is 0.138. The van der Waals surface area contributed by atoms with Gasteiger partial charge in [-0.25, -0.2) is 4.98 Å². The van der Waals surface area contributed by atoms with Crippen LogP contribution in [0.5, 0.6) is 0 Å². The number of nitrogens with zero attached hydrogens (tertiary/aromatic N) is 2. The van der Waals surface area contributed by atoms with Crippen LogP contribution in [0.25, 0.3) is 0 Å². The van der Waals surface area contributed by atoms with Crippen LogP contribution in [-0.4, -0.2) is 37.7 Å². The lowest BCUT2D eigenvalue weighted by molar-refractivity contribution is 0.0932. The van der Waals surface area contributed by atoms with Crippen molar-refractivity contribution in [1.29, 1.82) is 0 Å². The van der Waals surface area contributed by atoms with Gasteiger partial charge in [-0.2, -0.15) is 0 Å². The van der Waals surface area contributed by atoms with Gasteiger partial charge in [0.05, 0.1) is 40.9 Å². The lowest BCUT2D eigenvalue weighted by atomic mass is 10.1. The summed E-state index contributed by atoms with van der Waals surface area (Å²) in [6.07, 6.45) is 2.02. The van der Waals surface area contributed by atoms with Crippen molar-refractivity contribution in [3.8, 4) is 0 Å². The van der Waals surface area contributed by atoms with Crippen molar-refractivity contribution in [2.75, 3.05) is 29.9 Å². The van der Waals surface area contributed by atoms with Crippen LogP contribution in [0, 0.1) is 0 Å². The molecule has 1 amide bonds. The molecule has 6 heteroatoms. The first-order chi connectivity index (χ1) is 8.72. The van der Waals surface area contributed by atoms with E-state index in [0.717, 1.165) is 30.8 Å². The Kier molecular flexibility index (Phi) is 4.76. The fourth-order valence-electron chi connectivity index (χ4n) is 1.89. The zero-order chi connectivity index (χ0) is 13.0. The fraction of sp³-hybridized carbons (Fsp3) is 0.500. The molecule has 0 saturated heterocycles. The minimum Gasteiger partial charge on any atom is -0.383 e. The number of carbonyl (C=O) groups is 1. The maximum Gasteiger partial charge on any atom is 0.269 e. The average molecular weight is 361 g/mol. The third kappa shape index (κ3) is 3.11. The molecule has 98 valence electrons. The second kappa shape index (κ2) is 6.33. The number of hydrogen-bond donors (Lipinski definition) is 1. The summed E-state index contributed by atoms with van der Waals surface area (Å²) in [6, 6.07) is 3.75. The summed E-state index contributed by atoms with van der Waals surface area (Å²) in [4.78, 5) is 16.3. The van der Waals surface area contributed by atoms with Crippen molar-refractivity contribution in [3.05, 3.63) is 23.5 Å². The zero-order valence-corrected chi connectivity index (χ0v) is 12.4. The van der Waals surface area contributed by atoms with Crippen LogP contribution >= 0.6 is 22.9 Å². The molecule has 0 bridgehead atoms. The number of carbonyl (C=O) groups excluding carboxylic acids is 1. The van der Waals surface area contributed by atoms with E-state index in [1.807, 2.05) is 6.07 Å². The van der Waals surface area contributed by atoms with Gasteiger partial charge in [0, 0.05) is 20.2 Å². The topological polar surface area (TPSA) is 54.5 Å². The Hall–Kier alpha value is -0.890. The number of halogens is 1. The summed E-state index contributed by atoms with van der Waals surface area (Å²) in [5.41, 5.74) is 2.61. The summed E-state index contributed by atoms with van der Waals surface area (Å²) in [7, 11) is 1.61. The van der Waals surface area contributed by atoms with Crippen molar-refractivity contribution in [2.45, 2.75) is 12.8 Å². The average Bonchev–Trinajstić information content (AvgIpc) is 2.39. The predicted molar refractivity (Wildman–Crippen MR) is 78.1 cm³/mol. The third-order valence-electron chi connectivity index (χ3n) is 2.80. The van der Waals surface area contributed by atoms with Gasteiger partial charge in [-0.05, 0) is 25.0 Å². The molecule has 18 heavy (non-hydrogen) atoms. The van der Waals surface area contributed by atoms with Gasteiger partial charge >= 0.3 is 0 Å². The SMILES string of the molecule is COCCNC(=O)c1ccc2c(n1)CCCN2I. The molecule has 1 aromatic rings. The number of aryl methyl sites for hydroxylation is 1. The van der Waals surface area contributed by atoms with Crippen molar-refractivity contribution < 1.29 is 9.53 Å². The number of fused-ring (bicyclic) bond motifs is 1. The highest BCUT2D eigenvalue weighted by Crippen LogP contribution is 2.28. The van der Waals surface area contributed by atoms with Crippen molar-refractivity contribution >= 4 is 34.5 Å². The molecule has 2 rings (SSSR count). The number of hydrogen-bond acceptors (Lipinski definition) is 4. The molecule has 0 spiro atoms. The molecule has 1 N–H and O–H groups in total. The first kappa shape index (κ1) is 13.5. The van der Waals surface area contributed by atoms with Gasteiger partial charge in [0.1, 0.15) is 5.69 Å². The predicted octanol–water partition coefficient (Wildman–Crippen LogP) is 1.56. The van der Waals surface area contributed by atoms with Crippen LogP contribution in [0.15, 0.2) is 12.1 Å². The van der Waals surface area contributed by atoms with Gasteiger partial charge in [0.15, 0.2) is 0 Å². The normalized spacial score (nSPS) is 14.2. The lowest BCUT2D eigenvalue weighted by Gasteiger charge is -2.24. The summed E-state index contributed by atoms with van der Waals surface area (Å²) in [6.45, 7) is 2.05. The molecule has 0 aromatic carbocycles. The van der Waals surface area contributed by atoms with Crippen LogP contribution in [0.2, 0.25) is 0 Å². The highest BCUT2D eigenvalue weighted by molar-refractivity contribution is 14.1. The van der Waals surface area contributed by atoms with E-state index in [4.69, 9.17) is 4.74 Å². The third-order valence-corrected chi connectivity index (χ3v) is 3.81. The van der Waals surface area contributed by atoms with Gasteiger partial charge in [-0.3, -0.25) is 4.79 Å². The Bertz CT molecular complexity index is 439. The zero-order valence-electron chi connectivity index (χ0n) is 10.3. The molecular weight excluding hydrogens is 345 g/mol. The molecule has 0 atom stereocenters. The second-order valence-electron chi connectivity index (χ2n) is 4.10. The number of nitrogens with one attached hydrogen (secondary N) is 1. The van der Waals surface area contributed by atoms with Crippen LogP contribution in [0.3, 0.4) is 0 Å². The Labute approximate surface area is 120 Å². The standard InChI is InChI=1S/C12H16IN3O2/c1-18-8-6-14-12(17)10-4-5-11-9(15-10)3-2-7-16(11)13/h4-5H,2-3,6-8H2,1H3,(H,14,17). The van der Waals surface area contributed by atoms with Gasteiger partial charge in [-0.1, -0.05) is 0 Å². The number of aromatic nitrogens is 1. The monoisotopic (exact) mass is 361 g/mol. The lowest BCUT2D eigenvalue weighted by Crippen LogP contribution is -2.28. The Morgan fingerprint density at radius 1 is 1.61 bits per heavy atom. The molecule has 0 fully saturated rings. The molecule has 1 aromatic heterocycles. The van der Waals surface area contributed by atoms with E-state index in [0.29, 0.717) is 18.8 Å². The van der Waals surface area contributed by atoms with E-state index >= 15 is 0 Å². The summed E-state index contributed by atoms with van der Waals surface area (Å²) in [5, 5.41) is 2.78. The quantitative estimate of drug-likeness (QED) is 0.503. The van der Waals surface area contributed by atoms with Crippen molar-refractivity contribution in [2.24, 2.45) is 0 Å². The summed E-state index contributed by atoms with van der Waals surface area (Å²) in [5.74, 6) is -0.138. The smallest absolute Gasteiger partial charge is 0.269 e. The molecule has 0 radical (unpaired) electrons. The Morgan fingerprint density at radius 2 is 2.44 bits per heavy atom. The van der Waals surface area contributed by atoms with Crippen LogP contribution in [-0.2, 0) is 11.2 Å². The molecule has 0 saturated carbocycles. The first-order valence-electron chi connectivity index (χ1n) is 5.92. The van der Waals surface area contributed by atoms with Crippen LogP contribution in [0.1, 0.15) is 22.6 Å². The number of ether oxygens (including phenoxy) is 1. The van der Waals surface area contributed by atoms with E-state index in [1.54, 1.807) is 13.2 Å². The van der Waals surface area contributed by atoms with Crippen LogP contribution < -0.4 is 8.43 Å². The summed E-state index contributed by atoms with van der Waals surface area (Å²) < 4.78 is 7.04. The Morgan fingerprint density at radius 3 is 3.22 bits per heavy atom. The molecule has 1 aliphatic rings. The highest BCUT2D eigenvalue weighted by Gasteiger charge is 2.18. The molecule has 0 aliphatic carbocycles. The Balaban J connectivity index is 2.08. The van der Waals surface area contributed by atoms with E-state index in [1.165, 1.54) is 0 Å². The van der Waals surface area contributed by atoms with Gasteiger partial charge in [-0.15, -0.1) is 0 Å². The summed E-state index contributed by atoms with van der Waals surface area (Å²) >= 11 is 2.28. The van der Waals surface area contributed by atoms with Crippen LogP contribution in [0.4, 0.5) is 5.69 Å². The number of anilines is 1. The molecule has 0 unspecified atom stereocenters. The van der Waals surface area contributed by atoms with E-state index in [-0.39, 0.29) is 5.91 Å². The van der Waals surface area contributed by atoms with Gasteiger partial charge < -0.3 is 13.2 Å². The fourth-order valence-corrected chi connectivity index (χ4v) is 2.67. The number of amides is 1. The van der Waals surface area contributed by atoms with Crippen molar-refractivity contribution in [1.82, 2.24) is 10.3 Å². The second-order valence-corrected chi connectivity index (χ2v) is 5.27. The van der Waals surface area contributed by atoms with E-state index in [2.05, 4.69) is 36.3 Å². The number of rotatable bonds is 4. The first-order valence-corrected chi connectivity index (χ1v) is 6.89. The molecule has 5 nitrogen and oxygen atoms in total. The van der Waals surface area contributed by atoms with Gasteiger partial charge in [0.25, 0.3) is 5.91 Å². The largest absolute Gasteiger partial charge is 0.383 e. The minimum atomic E-state index is -0.138. The maximum absolute atomic E-state index is 11.8. The van der Waals surface area contributed by atoms with Gasteiger partial charge in [0.2, 0.25) is 0 Å². The molecule has 1 aliphatic heterocycles. The maximum atomic E-state index is 11.8. The molecular formula is C12H16IN3O2. The number of methoxy groups -OCH3 is 1. The highest BCUT2D eigenvalue weighted by atomic mass is 127. The molecule has 2 heterocycles.